The van der Waals surface area contributed by atoms with Crippen LogP contribution in [-0.2, 0) is 0 Å². The van der Waals surface area contributed by atoms with Crippen LogP contribution < -0.4 is 5.32 Å². The second-order valence-electron chi connectivity index (χ2n) is 3.77. The van der Waals surface area contributed by atoms with Crippen LogP contribution in [0.2, 0.25) is 0 Å². The molecular formula is C8H16N2. The van der Waals surface area contributed by atoms with E-state index in [0.717, 1.165) is 17.8 Å². The number of nitrogens with one attached hydrogen (secondary N) is 1. The van der Waals surface area contributed by atoms with Crippen LogP contribution in [0.15, 0.2) is 0 Å². The van der Waals surface area contributed by atoms with E-state index in [9.17, 15) is 0 Å². The molecule has 0 amide bonds. The molecule has 0 aromatic rings. The Bertz CT molecular complexity index is 116. The van der Waals surface area contributed by atoms with Crippen molar-refractivity contribution in [3.05, 3.63) is 0 Å². The summed E-state index contributed by atoms with van der Waals surface area (Å²) in [6.07, 6.45) is 0. The molecule has 2 rings (SSSR count). The van der Waals surface area contributed by atoms with Crippen molar-refractivity contribution in [1.29, 1.82) is 0 Å². The van der Waals surface area contributed by atoms with Gasteiger partial charge in [-0.15, -0.1) is 0 Å². The second kappa shape index (κ2) is 2.21. The van der Waals surface area contributed by atoms with Gasteiger partial charge >= 0.3 is 0 Å². The van der Waals surface area contributed by atoms with Gasteiger partial charge in [0.05, 0.1) is 0 Å². The molecule has 1 aliphatic heterocycles. The van der Waals surface area contributed by atoms with E-state index in [1.807, 2.05) is 0 Å². The standard InChI is InChI=1S/C8H16N2/c1-9-3-6-7-4-10(2)5-8(6)7/h6-9H,3-5H2,1-2H3/t6-,7-,8+. The normalized spacial score (nSPS) is 45.6. The van der Waals surface area contributed by atoms with E-state index in [1.54, 1.807) is 0 Å². The third-order valence-electron chi connectivity index (χ3n) is 2.99. The van der Waals surface area contributed by atoms with Crippen molar-refractivity contribution in [2.45, 2.75) is 0 Å². The van der Waals surface area contributed by atoms with Crippen molar-refractivity contribution < 1.29 is 0 Å². The zero-order valence-electron chi connectivity index (χ0n) is 6.80. The van der Waals surface area contributed by atoms with Gasteiger partial charge in [0.1, 0.15) is 0 Å². The van der Waals surface area contributed by atoms with Gasteiger partial charge in [-0.25, -0.2) is 0 Å². The molecule has 1 heterocycles. The fourth-order valence-corrected chi connectivity index (χ4v) is 2.40. The topological polar surface area (TPSA) is 15.3 Å². The minimum atomic E-state index is 1.01. The van der Waals surface area contributed by atoms with Crippen LogP contribution in [-0.4, -0.2) is 38.6 Å². The summed E-state index contributed by atoms with van der Waals surface area (Å²) in [5.74, 6) is 3.09. The van der Waals surface area contributed by atoms with Gasteiger partial charge in [-0.05, 0) is 38.4 Å². The number of hydrogen-bond donors (Lipinski definition) is 1. The summed E-state index contributed by atoms with van der Waals surface area (Å²) in [4.78, 5) is 2.45. The quantitative estimate of drug-likeness (QED) is 0.581. The molecule has 1 saturated heterocycles. The van der Waals surface area contributed by atoms with Gasteiger partial charge in [0.15, 0.2) is 0 Å². The first-order valence-corrected chi connectivity index (χ1v) is 4.16. The predicted octanol–water partition coefficient (Wildman–Crippen LogP) is 0.0134. The third kappa shape index (κ3) is 0.867. The van der Waals surface area contributed by atoms with Gasteiger partial charge in [0.25, 0.3) is 0 Å². The molecule has 2 nitrogen and oxygen atoms in total. The first-order valence-electron chi connectivity index (χ1n) is 4.16. The van der Waals surface area contributed by atoms with Crippen LogP contribution in [0.5, 0.6) is 0 Å². The lowest BCUT2D eigenvalue weighted by atomic mass is 10.3. The highest BCUT2D eigenvalue weighted by molar-refractivity contribution is 5.04. The highest BCUT2D eigenvalue weighted by Gasteiger charge is 2.53. The zero-order chi connectivity index (χ0) is 7.14. The number of fused-ring (bicyclic) bond motifs is 1. The number of piperidine rings is 1. The summed E-state index contributed by atoms with van der Waals surface area (Å²) in [5, 5.41) is 3.25. The van der Waals surface area contributed by atoms with Crippen LogP contribution in [0, 0.1) is 17.8 Å². The Labute approximate surface area is 62.6 Å². The van der Waals surface area contributed by atoms with Crippen molar-refractivity contribution in [1.82, 2.24) is 10.2 Å². The molecule has 58 valence electrons. The molecule has 0 bridgehead atoms. The summed E-state index contributed by atoms with van der Waals surface area (Å²) in [7, 11) is 4.28. The number of likely N-dealkylation sites (tertiary alicyclic amines) is 1. The van der Waals surface area contributed by atoms with E-state index < -0.39 is 0 Å². The van der Waals surface area contributed by atoms with Crippen LogP contribution in [0.25, 0.3) is 0 Å². The minimum Gasteiger partial charge on any atom is -0.319 e. The summed E-state index contributed by atoms with van der Waals surface area (Å²) in [5.41, 5.74) is 0. The molecule has 0 unspecified atom stereocenters. The molecule has 3 atom stereocenters. The Morgan fingerprint density at radius 3 is 2.50 bits per heavy atom. The van der Waals surface area contributed by atoms with Gasteiger partial charge in [-0.3, -0.25) is 0 Å². The number of rotatable bonds is 2. The second-order valence-corrected chi connectivity index (χ2v) is 3.77. The lowest BCUT2D eigenvalue weighted by Crippen LogP contribution is -2.22. The van der Waals surface area contributed by atoms with Crippen molar-refractivity contribution in [3.63, 3.8) is 0 Å². The number of hydrogen-bond acceptors (Lipinski definition) is 2. The first kappa shape index (κ1) is 6.62. The Balaban J connectivity index is 1.81. The van der Waals surface area contributed by atoms with Crippen molar-refractivity contribution in [2.75, 3.05) is 33.7 Å². The van der Waals surface area contributed by atoms with Crippen LogP contribution in [0.1, 0.15) is 0 Å². The molecule has 1 N–H and O–H groups in total. The van der Waals surface area contributed by atoms with Gasteiger partial charge in [0, 0.05) is 13.1 Å². The largest absolute Gasteiger partial charge is 0.319 e. The molecule has 0 aromatic carbocycles. The van der Waals surface area contributed by atoms with Crippen LogP contribution >= 0.6 is 0 Å². The molecule has 1 saturated carbocycles. The maximum absolute atomic E-state index is 3.25. The lowest BCUT2D eigenvalue weighted by molar-refractivity contribution is 0.342. The molecular weight excluding hydrogens is 124 g/mol. The van der Waals surface area contributed by atoms with E-state index in [4.69, 9.17) is 0 Å². The Morgan fingerprint density at radius 1 is 1.40 bits per heavy atom. The van der Waals surface area contributed by atoms with E-state index in [-0.39, 0.29) is 0 Å². The molecule has 10 heavy (non-hydrogen) atoms. The molecule has 1 aliphatic carbocycles. The van der Waals surface area contributed by atoms with Crippen LogP contribution in [0.3, 0.4) is 0 Å². The van der Waals surface area contributed by atoms with E-state index in [2.05, 4.69) is 24.3 Å². The Kier molecular flexibility index (Phi) is 1.46. The van der Waals surface area contributed by atoms with Crippen LogP contribution in [0.4, 0.5) is 0 Å². The minimum absolute atomic E-state index is 1.01. The lowest BCUT2D eigenvalue weighted by Gasteiger charge is -2.11. The summed E-state index contributed by atoms with van der Waals surface area (Å²) in [6.45, 7) is 3.93. The van der Waals surface area contributed by atoms with Crippen molar-refractivity contribution in [2.24, 2.45) is 17.8 Å². The molecule has 2 aliphatic rings. The molecule has 2 heteroatoms. The fraction of sp³-hybridized carbons (Fsp3) is 1.00. The first-order chi connectivity index (χ1) is 4.83. The summed E-state index contributed by atoms with van der Waals surface area (Å²) in [6, 6.07) is 0. The number of nitrogens with zero attached hydrogens (tertiary/aromatic N) is 1. The monoisotopic (exact) mass is 140 g/mol. The zero-order valence-corrected chi connectivity index (χ0v) is 6.80. The highest BCUT2D eigenvalue weighted by Crippen LogP contribution is 2.50. The highest BCUT2D eigenvalue weighted by atomic mass is 15.2. The summed E-state index contributed by atoms with van der Waals surface area (Å²) >= 11 is 0. The van der Waals surface area contributed by atoms with E-state index >= 15 is 0 Å². The Morgan fingerprint density at radius 2 is 2.00 bits per heavy atom. The predicted molar refractivity (Wildman–Crippen MR) is 41.9 cm³/mol. The average molecular weight is 140 g/mol. The van der Waals surface area contributed by atoms with E-state index in [1.165, 1.54) is 19.6 Å². The molecule has 2 fully saturated rings. The summed E-state index contributed by atoms with van der Waals surface area (Å²) < 4.78 is 0. The third-order valence-corrected chi connectivity index (χ3v) is 2.99. The average Bonchev–Trinajstić information content (AvgIpc) is 2.43. The van der Waals surface area contributed by atoms with Crippen molar-refractivity contribution in [3.8, 4) is 0 Å². The SMILES string of the molecule is CNC[C@@H]1[C@H]2CN(C)C[C@@H]12. The maximum Gasteiger partial charge on any atom is 0.00132 e. The molecule has 0 radical (unpaired) electrons. The fourth-order valence-electron chi connectivity index (χ4n) is 2.40. The van der Waals surface area contributed by atoms with Gasteiger partial charge in [-0.2, -0.15) is 0 Å². The molecule has 0 spiro atoms. The van der Waals surface area contributed by atoms with Gasteiger partial charge in [0.2, 0.25) is 0 Å². The van der Waals surface area contributed by atoms with E-state index in [0.29, 0.717) is 0 Å². The smallest absolute Gasteiger partial charge is 0.00132 e. The van der Waals surface area contributed by atoms with Gasteiger partial charge in [-0.1, -0.05) is 0 Å². The van der Waals surface area contributed by atoms with Gasteiger partial charge < -0.3 is 10.2 Å². The Hall–Kier alpha value is -0.0800. The van der Waals surface area contributed by atoms with Crippen molar-refractivity contribution >= 4 is 0 Å². The maximum atomic E-state index is 3.25. The molecule has 0 aromatic heterocycles.